The normalized spacial score (nSPS) is 11.7. The molecule has 0 aliphatic rings. The molecule has 2 nitrogen and oxygen atoms in total. The van der Waals surface area contributed by atoms with E-state index in [1.165, 1.54) is 19.2 Å². The van der Waals surface area contributed by atoms with Gasteiger partial charge in [-0.3, -0.25) is 0 Å². The maximum Gasteiger partial charge on any atom is 0.409 e. The topological polar surface area (TPSA) is 18.5 Å². The predicted octanol–water partition coefficient (Wildman–Crippen LogP) is 8.88. The van der Waals surface area contributed by atoms with Crippen molar-refractivity contribution >= 4 is 6.08 Å². The molecule has 0 radical (unpaired) electrons. The summed E-state index contributed by atoms with van der Waals surface area (Å²) in [5.74, 6) is -5.45. The van der Waals surface area contributed by atoms with Crippen molar-refractivity contribution in [2.24, 2.45) is 0 Å². The predicted molar refractivity (Wildman–Crippen MR) is 130 cm³/mol. The van der Waals surface area contributed by atoms with Crippen LogP contribution in [-0.2, 0) is 6.61 Å². The largest absolute Gasteiger partial charge is 0.497 e. The summed E-state index contributed by atoms with van der Waals surface area (Å²) in [6, 6.07) is 13.3. The van der Waals surface area contributed by atoms with Crippen LogP contribution in [0.25, 0.3) is 28.3 Å². The average molecular weight is 550 g/mol. The molecule has 4 rings (SSSR count). The number of hydrogen-bond acceptors (Lipinski definition) is 2. The van der Waals surface area contributed by atoms with Gasteiger partial charge >= 0.3 is 6.18 Å². The first-order valence-electron chi connectivity index (χ1n) is 11.3. The van der Waals surface area contributed by atoms with Gasteiger partial charge in [-0.25, -0.2) is 22.0 Å². The molecule has 0 amide bonds. The Bertz CT molecular complexity index is 1480. The van der Waals surface area contributed by atoms with Crippen LogP contribution in [0.5, 0.6) is 11.5 Å². The Morgan fingerprint density at radius 2 is 1.23 bits per heavy atom. The summed E-state index contributed by atoms with van der Waals surface area (Å²) in [6.45, 7) is 0.124. The van der Waals surface area contributed by atoms with Crippen LogP contribution in [0.2, 0.25) is 0 Å². The lowest BCUT2D eigenvalue weighted by molar-refractivity contribution is -0.0790. The highest BCUT2D eigenvalue weighted by Crippen LogP contribution is 2.35. The third-order valence-corrected chi connectivity index (χ3v) is 5.66. The number of rotatable bonds is 7. The van der Waals surface area contributed by atoms with Crippen LogP contribution in [0.15, 0.2) is 72.8 Å². The fourth-order valence-electron chi connectivity index (χ4n) is 3.78. The van der Waals surface area contributed by atoms with Crippen molar-refractivity contribution in [2.45, 2.75) is 12.8 Å². The van der Waals surface area contributed by atoms with Crippen molar-refractivity contribution in [3.8, 4) is 33.8 Å². The van der Waals surface area contributed by atoms with E-state index in [1.54, 1.807) is 24.3 Å². The van der Waals surface area contributed by atoms with Gasteiger partial charge in [-0.15, -0.1) is 0 Å². The number of alkyl halides is 3. The van der Waals surface area contributed by atoms with E-state index in [2.05, 4.69) is 0 Å². The van der Waals surface area contributed by atoms with Crippen molar-refractivity contribution in [1.82, 2.24) is 0 Å². The summed E-state index contributed by atoms with van der Waals surface area (Å²) in [4.78, 5) is 0. The van der Waals surface area contributed by atoms with E-state index in [0.717, 1.165) is 23.8 Å². The van der Waals surface area contributed by atoms with Gasteiger partial charge in [0.1, 0.15) is 47.2 Å². The molecule has 0 aliphatic heterocycles. The molecular weight excluding hydrogens is 532 g/mol. The second-order valence-corrected chi connectivity index (χ2v) is 8.32. The molecule has 10 heteroatoms. The summed E-state index contributed by atoms with van der Waals surface area (Å²) in [5.41, 5.74) is -2.01. The first kappa shape index (κ1) is 27.7. The first-order valence-corrected chi connectivity index (χ1v) is 11.3. The lowest BCUT2D eigenvalue weighted by Gasteiger charge is -2.12. The fourth-order valence-corrected chi connectivity index (χ4v) is 3.78. The molecule has 0 spiro atoms. The molecule has 0 atom stereocenters. The van der Waals surface area contributed by atoms with E-state index < -0.39 is 52.0 Å². The molecule has 0 saturated carbocycles. The standard InChI is InChI=1S/C29H18F8O2/c1-38-19-4-2-16(3-5-19)15-39-20-6-7-21(25(32)14-20)17-10-26(33)28(27(34)11-17)18-12-23(30)22(24(31)13-18)8-9-29(35,36)37/h2-14H,15H2,1H3. The summed E-state index contributed by atoms with van der Waals surface area (Å²) >= 11 is 0. The molecule has 0 unspecified atom stereocenters. The highest BCUT2D eigenvalue weighted by molar-refractivity contribution is 5.73. The molecule has 0 aliphatic carbocycles. The van der Waals surface area contributed by atoms with Gasteiger partial charge in [0.2, 0.25) is 0 Å². The van der Waals surface area contributed by atoms with Gasteiger partial charge in [0.15, 0.2) is 0 Å². The third-order valence-electron chi connectivity index (χ3n) is 5.66. The van der Waals surface area contributed by atoms with Crippen molar-refractivity contribution in [3.05, 3.63) is 113 Å². The van der Waals surface area contributed by atoms with Crippen molar-refractivity contribution in [2.75, 3.05) is 7.11 Å². The Kier molecular flexibility index (Phi) is 7.94. The molecule has 0 fully saturated rings. The molecular formula is C29H18F8O2. The van der Waals surface area contributed by atoms with E-state index >= 15 is 0 Å². The minimum atomic E-state index is -4.82. The first-order chi connectivity index (χ1) is 18.4. The molecule has 4 aromatic carbocycles. The number of methoxy groups -OCH3 is 1. The zero-order valence-corrected chi connectivity index (χ0v) is 20.1. The Labute approximate surface area is 217 Å². The second kappa shape index (κ2) is 11.2. The average Bonchev–Trinajstić information content (AvgIpc) is 2.86. The number of allylic oxidation sites excluding steroid dienone is 1. The third kappa shape index (κ3) is 6.57. The molecule has 0 saturated heterocycles. The molecule has 202 valence electrons. The monoisotopic (exact) mass is 550 g/mol. The highest BCUT2D eigenvalue weighted by Gasteiger charge is 2.24. The molecule has 0 aromatic heterocycles. The van der Waals surface area contributed by atoms with Gasteiger partial charge in [0.05, 0.1) is 12.7 Å². The molecule has 0 bridgehead atoms. The Morgan fingerprint density at radius 1 is 0.667 bits per heavy atom. The summed E-state index contributed by atoms with van der Waals surface area (Å²) < 4.78 is 121. The Morgan fingerprint density at radius 3 is 1.77 bits per heavy atom. The van der Waals surface area contributed by atoms with Crippen LogP contribution < -0.4 is 9.47 Å². The summed E-state index contributed by atoms with van der Waals surface area (Å²) in [6.07, 6.45) is -5.01. The van der Waals surface area contributed by atoms with Gasteiger partial charge in [0.25, 0.3) is 0 Å². The number of hydrogen-bond donors (Lipinski definition) is 0. The fraction of sp³-hybridized carbons (Fsp3) is 0.103. The van der Waals surface area contributed by atoms with E-state index in [0.29, 0.717) is 17.9 Å². The number of halogens is 8. The highest BCUT2D eigenvalue weighted by atomic mass is 19.4. The van der Waals surface area contributed by atoms with Gasteiger partial charge < -0.3 is 9.47 Å². The molecule has 4 aromatic rings. The van der Waals surface area contributed by atoms with Crippen molar-refractivity contribution < 1.29 is 44.6 Å². The van der Waals surface area contributed by atoms with E-state index in [4.69, 9.17) is 9.47 Å². The van der Waals surface area contributed by atoms with Crippen LogP contribution in [0.3, 0.4) is 0 Å². The van der Waals surface area contributed by atoms with Crippen LogP contribution >= 0.6 is 0 Å². The van der Waals surface area contributed by atoms with Gasteiger partial charge in [-0.2, -0.15) is 13.2 Å². The molecule has 0 N–H and O–H groups in total. The van der Waals surface area contributed by atoms with Gasteiger partial charge in [-0.1, -0.05) is 12.1 Å². The van der Waals surface area contributed by atoms with Crippen LogP contribution in [0.4, 0.5) is 35.1 Å². The Hall–Kier alpha value is -4.34. The van der Waals surface area contributed by atoms with Gasteiger partial charge in [0, 0.05) is 23.3 Å². The minimum Gasteiger partial charge on any atom is -0.497 e. The number of ether oxygens (including phenoxy) is 2. The lowest BCUT2D eigenvalue weighted by atomic mass is 9.97. The zero-order chi connectivity index (χ0) is 28.3. The van der Waals surface area contributed by atoms with Gasteiger partial charge in [-0.05, 0) is 71.3 Å². The van der Waals surface area contributed by atoms with Crippen LogP contribution in [-0.4, -0.2) is 13.3 Å². The minimum absolute atomic E-state index is 0.124. The van der Waals surface area contributed by atoms with Crippen LogP contribution in [0.1, 0.15) is 11.1 Å². The maximum atomic E-state index is 14.9. The number of benzene rings is 4. The van der Waals surface area contributed by atoms with Crippen molar-refractivity contribution in [1.29, 1.82) is 0 Å². The molecule has 39 heavy (non-hydrogen) atoms. The summed E-state index contributed by atoms with van der Waals surface area (Å²) in [7, 11) is 1.53. The van der Waals surface area contributed by atoms with Crippen LogP contribution in [0, 0.1) is 29.1 Å². The van der Waals surface area contributed by atoms with Crippen molar-refractivity contribution in [3.63, 3.8) is 0 Å². The zero-order valence-electron chi connectivity index (χ0n) is 20.1. The molecule has 0 heterocycles. The SMILES string of the molecule is COc1ccc(COc2ccc(-c3cc(F)c(-c4cc(F)c(C=CC(F)(F)F)c(F)c4)c(F)c3)c(F)c2)cc1. The van der Waals surface area contributed by atoms with E-state index in [9.17, 15) is 35.1 Å². The Balaban J connectivity index is 1.58. The second-order valence-electron chi connectivity index (χ2n) is 8.32. The lowest BCUT2D eigenvalue weighted by Crippen LogP contribution is -2.01. The van der Waals surface area contributed by atoms with E-state index in [1.807, 2.05) is 0 Å². The maximum absolute atomic E-state index is 14.9. The summed E-state index contributed by atoms with van der Waals surface area (Å²) in [5, 5.41) is 0. The smallest absolute Gasteiger partial charge is 0.409 e. The quantitative estimate of drug-likeness (QED) is 0.214. The van der Waals surface area contributed by atoms with E-state index in [-0.39, 0.29) is 35.6 Å².